The number of cyclic esters (lactones) is 1. The van der Waals surface area contributed by atoms with Gasteiger partial charge >= 0.3 is 5.97 Å². The van der Waals surface area contributed by atoms with Gasteiger partial charge in [0, 0.05) is 5.57 Å². The van der Waals surface area contributed by atoms with Crippen LogP contribution in [0.2, 0.25) is 0 Å². The molecule has 0 amide bonds. The van der Waals surface area contributed by atoms with Gasteiger partial charge < -0.3 is 9.84 Å². The molecule has 0 aromatic carbocycles. The van der Waals surface area contributed by atoms with Crippen molar-refractivity contribution in [2.75, 3.05) is 0 Å². The van der Waals surface area contributed by atoms with Crippen molar-refractivity contribution in [2.24, 2.45) is 5.41 Å². The fourth-order valence-corrected chi connectivity index (χ4v) is 1.16. The Bertz CT molecular complexity index is 222. The monoisotopic (exact) mass is 170 g/mol. The van der Waals surface area contributed by atoms with Crippen molar-refractivity contribution in [2.45, 2.75) is 33.5 Å². The lowest BCUT2D eigenvalue weighted by Gasteiger charge is -2.16. The topological polar surface area (TPSA) is 46.5 Å². The Hall–Kier alpha value is -0.830. The first kappa shape index (κ1) is 9.26. The third-order valence-electron chi connectivity index (χ3n) is 1.55. The molecule has 68 valence electrons. The molecule has 1 N–H and O–H groups in total. The molecule has 1 aliphatic heterocycles. The predicted octanol–water partition coefficient (Wildman–Crippen LogP) is 1.22. The minimum atomic E-state index is -1.03. The van der Waals surface area contributed by atoms with E-state index < -0.39 is 12.3 Å². The Kier molecular flexibility index (Phi) is 2.24. The molecule has 3 heteroatoms. The first-order valence-electron chi connectivity index (χ1n) is 3.98. The van der Waals surface area contributed by atoms with E-state index in [-0.39, 0.29) is 5.41 Å². The van der Waals surface area contributed by atoms with Gasteiger partial charge in [0.05, 0.1) is 0 Å². The van der Waals surface area contributed by atoms with Crippen molar-refractivity contribution in [1.29, 1.82) is 0 Å². The Labute approximate surface area is 72.0 Å². The maximum Gasteiger partial charge on any atom is 0.336 e. The van der Waals surface area contributed by atoms with E-state index in [1.165, 1.54) is 6.08 Å². The van der Waals surface area contributed by atoms with Crippen LogP contribution in [0.15, 0.2) is 11.6 Å². The molecular weight excluding hydrogens is 156 g/mol. The number of carbonyl (C=O) groups is 1. The molecule has 1 heterocycles. The number of esters is 1. The Balaban J connectivity index is 2.64. The van der Waals surface area contributed by atoms with Crippen molar-refractivity contribution in [1.82, 2.24) is 0 Å². The first-order valence-corrected chi connectivity index (χ1v) is 3.98. The highest BCUT2D eigenvalue weighted by molar-refractivity contribution is 5.90. The zero-order chi connectivity index (χ0) is 9.35. The largest absolute Gasteiger partial charge is 0.429 e. The average molecular weight is 170 g/mol. The minimum Gasteiger partial charge on any atom is -0.429 e. The van der Waals surface area contributed by atoms with Crippen molar-refractivity contribution in [3.05, 3.63) is 11.6 Å². The zero-order valence-corrected chi connectivity index (χ0v) is 7.63. The Morgan fingerprint density at radius 1 is 1.58 bits per heavy atom. The molecule has 0 fully saturated rings. The van der Waals surface area contributed by atoms with Crippen molar-refractivity contribution in [3.63, 3.8) is 0 Å². The molecule has 0 aromatic heterocycles. The number of hydrogen-bond donors (Lipinski definition) is 1. The van der Waals surface area contributed by atoms with Crippen LogP contribution < -0.4 is 0 Å². The SMILES string of the molecule is CC(C)(C)CC1=CC(O)OC1=O. The highest BCUT2D eigenvalue weighted by atomic mass is 16.6. The molecule has 0 saturated heterocycles. The maximum absolute atomic E-state index is 11.0. The molecule has 1 unspecified atom stereocenters. The van der Waals surface area contributed by atoms with Gasteiger partial charge in [0.2, 0.25) is 6.29 Å². The smallest absolute Gasteiger partial charge is 0.336 e. The summed E-state index contributed by atoms with van der Waals surface area (Å²) in [5.74, 6) is -0.391. The van der Waals surface area contributed by atoms with Gasteiger partial charge in [0.15, 0.2) is 0 Å². The highest BCUT2D eigenvalue weighted by Gasteiger charge is 2.26. The van der Waals surface area contributed by atoms with E-state index >= 15 is 0 Å². The molecular formula is C9H14O3. The maximum atomic E-state index is 11.0. The standard InChI is InChI=1S/C9H14O3/c1-9(2,3)5-6-4-7(10)12-8(6)11/h4,7,10H,5H2,1-3H3. The van der Waals surface area contributed by atoms with Gasteiger partial charge in [-0.3, -0.25) is 0 Å². The molecule has 0 aliphatic carbocycles. The van der Waals surface area contributed by atoms with Crippen LogP contribution in [0.3, 0.4) is 0 Å². The second kappa shape index (κ2) is 2.90. The summed E-state index contributed by atoms with van der Waals surface area (Å²) in [6.07, 6.45) is 1.08. The number of rotatable bonds is 1. The molecule has 0 spiro atoms. The third kappa shape index (κ3) is 2.34. The zero-order valence-electron chi connectivity index (χ0n) is 7.63. The molecule has 1 rings (SSSR count). The molecule has 0 aromatic rings. The van der Waals surface area contributed by atoms with Gasteiger partial charge in [-0.2, -0.15) is 0 Å². The normalized spacial score (nSPS) is 23.8. The first-order chi connectivity index (χ1) is 5.38. The van der Waals surface area contributed by atoms with Crippen LogP contribution >= 0.6 is 0 Å². The van der Waals surface area contributed by atoms with Gasteiger partial charge in [-0.25, -0.2) is 4.79 Å². The lowest BCUT2D eigenvalue weighted by Crippen LogP contribution is -2.11. The number of aliphatic hydroxyl groups excluding tert-OH is 1. The van der Waals surface area contributed by atoms with Gasteiger partial charge in [-0.1, -0.05) is 20.8 Å². The number of ether oxygens (including phenoxy) is 1. The van der Waals surface area contributed by atoms with E-state index in [2.05, 4.69) is 4.74 Å². The number of aliphatic hydroxyl groups is 1. The molecule has 1 atom stereocenters. The Morgan fingerprint density at radius 2 is 2.17 bits per heavy atom. The summed E-state index contributed by atoms with van der Waals surface area (Å²) in [5, 5.41) is 8.95. The number of hydrogen-bond acceptors (Lipinski definition) is 3. The van der Waals surface area contributed by atoms with E-state index in [4.69, 9.17) is 5.11 Å². The van der Waals surface area contributed by atoms with Crippen LogP contribution in [0, 0.1) is 5.41 Å². The summed E-state index contributed by atoms with van der Waals surface area (Å²) in [4.78, 5) is 11.0. The van der Waals surface area contributed by atoms with Gasteiger partial charge in [-0.05, 0) is 17.9 Å². The summed E-state index contributed by atoms with van der Waals surface area (Å²) >= 11 is 0. The third-order valence-corrected chi connectivity index (χ3v) is 1.55. The second-order valence-corrected chi connectivity index (χ2v) is 4.23. The van der Waals surface area contributed by atoms with Crippen LogP contribution in [0.1, 0.15) is 27.2 Å². The van der Waals surface area contributed by atoms with E-state index in [1.54, 1.807) is 0 Å². The van der Waals surface area contributed by atoms with Crippen molar-refractivity contribution < 1.29 is 14.6 Å². The second-order valence-electron chi connectivity index (χ2n) is 4.23. The van der Waals surface area contributed by atoms with E-state index in [9.17, 15) is 4.79 Å². The van der Waals surface area contributed by atoms with Crippen molar-refractivity contribution in [3.8, 4) is 0 Å². The average Bonchev–Trinajstić information content (AvgIpc) is 2.06. The lowest BCUT2D eigenvalue weighted by molar-refractivity contribution is -0.151. The van der Waals surface area contributed by atoms with Gasteiger partial charge in [0.25, 0.3) is 0 Å². The molecule has 3 nitrogen and oxygen atoms in total. The minimum absolute atomic E-state index is 0.0505. The van der Waals surface area contributed by atoms with Crippen LogP contribution in [-0.2, 0) is 9.53 Å². The van der Waals surface area contributed by atoms with Crippen LogP contribution in [0.4, 0.5) is 0 Å². The predicted molar refractivity (Wildman–Crippen MR) is 44.3 cm³/mol. The summed E-state index contributed by atoms with van der Waals surface area (Å²) in [7, 11) is 0. The summed E-state index contributed by atoms with van der Waals surface area (Å²) in [6, 6.07) is 0. The van der Waals surface area contributed by atoms with Crippen LogP contribution in [0.25, 0.3) is 0 Å². The van der Waals surface area contributed by atoms with Gasteiger partial charge in [-0.15, -0.1) is 0 Å². The Morgan fingerprint density at radius 3 is 2.50 bits per heavy atom. The van der Waals surface area contributed by atoms with E-state index in [1.807, 2.05) is 20.8 Å². The fourth-order valence-electron chi connectivity index (χ4n) is 1.16. The van der Waals surface area contributed by atoms with Crippen molar-refractivity contribution >= 4 is 5.97 Å². The van der Waals surface area contributed by atoms with Gasteiger partial charge in [0.1, 0.15) is 0 Å². The van der Waals surface area contributed by atoms with E-state index in [0.29, 0.717) is 12.0 Å². The highest BCUT2D eigenvalue weighted by Crippen LogP contribution is 2.27. The molecule has 12 heavy (non-hydrogen) atoms. The van der Waals surface area contributed by atoms with E-state index in [0.717, 1.165) is 0 Å². The molecule has 0 bridgehead atoms. The summed E-state index contributed by atoms with van der Waals surface area (Å²) in [6.45, 7) is 6.10. The fraction of sp³-hybridized carbons (Fsp3) is 0.667. The number of carbonyl (C=O) groups excluding carboxylic acids is 1. The summed E-state index contributed by atoms with van der Waals surface area (Å²) < 4.78 is 4.54. The lowest BCUT2D eigenvalue weighted by atomic mass is 9.88. The molecule has 0 radical (unpaired) electrons. The quantitative estimate of drug-likeness (QED) is 0.602. The molecule has 0 saturated carbocycles. The van der Waals surface area contributed by atoms with Crippen LogP contribution in [0.5, 0.6) is 0 Å². The summed E-state index contributed by atoms with van der Waals surface area (Å²) in [5.41, 5.74) is 0.629. The molecule has 1 aliphatic rings. The van der Waals surface area contributed by atoms with Crippen LogP contribution in [-0.4, -0.2) is 17.4 Å².